The normalized spacial score (nSPS) is 11.8. The first-order valence-corrected chi connectivity index (χ1v) is 8.53. The van der Waals surface area contributed by atoms with Crippen LogP contribution in [0.2, 0.25) is 0 Å². The Bertz CT molecular complexity index is 974. The van der Waals surface area contributed by atoms with Crippen LogP contribution in [0.1, 0.15) is 5.56 Å². The number of halogens is 3. The second-order valence-corrected chi connectivity index (χ2v) is 7.07. The summed E-state index contributed by atoms with van der Waals surface area (Å²) in [5.41, 5.74) is -2.07. The van der Waals surface area contributed by atoms with Gasteiger partial charge in [0.15, 0.2) is 0 Å². The zero-order valence-electron chi connectivity index (χ0n) is 13.3. The molecule has 0 unspecified atom stereocenters. The van der Waals surface area contributed by atoms with E-state index >= 15 is 0 Å². The third-order valence-electron chi connectivity index (χ3n) is 3.38. The van der Waals surface area contributed by atoms with Gasteiger partial charge in [-0.05, 0) is 30.3 Å². The number of carboxylic acids is 1. The van der Waals surface area contributed by atoms with Crippen molar-refractivity contribution in [1.82, 2.24) is 0 Å². The molecule has 0 amide bonds. The molecule has 0 heterocycles. The van der Waals surface area contributed by atoms with Crippen LogP contribution in [0.5, 0.6) is 0 Å². The second-order valence-electron chi connectivity index (χ2n) is 5.20. The van der Waals surface area contributed by atoms with Crippen molar-refractivity contribution in [2.45, 2.75) is 11.1 Å². The maximum Gasteiger partial charge on any atom is 0.416 e. The van der Waals surface area contributed by atoms with E-state index in [1.165, 1.54) is 0 Å². The third-order valence-corrected chi connectivity index (χ3v) is 5.16. The Labute approximate surface area is 150 Å². The van der Waals surface area contributed by atoms with Crippen molar-refractivity contribution in [3.8, 4) is 0 Å². The number of benzene rings is 2. The molecule has 0 aromatic heterocycles. The Morgan fingerprint density at radius 3 is 2.22 bits per heavy atom. The molecule has 0 saturated heterocycles. The van der Waals surface area contributed by atoms with E-state index in [-0.39, 0.29) is 4.31 Å². The van der Waals surface area contributed by atoms with E-state index in [0.29, 0.717) is 12.1 Å². The molecule has 0 aliphatic rings. The zero-order chi connectivity index (χ0) is 20.4. The molecule has 27 heavy (non-hydrogen) atoms. The number of aliphatic carboxylic acids is 1. The van der Waals surface area contributed by atoms with Crippen LogP contribution in [0.4, 0.5) is 24.5 Å². The summed E-state index contributed by atoms with van der Waals surface area (Å²) in [6, 6.07) is 6.69. The average molecular weight is 404 g/mol. The molecule has 144 valence electrons. The molecule has 2 aromatic carbocycles. The van der Waals surface area contributed by atoms with E-state index in [2.05, 4.69) is 0 Å². The molecule has 1 N–H and O–H groups in total. The van der Waals surface area contributed by atoms with Gasteiger partial charge in [-0.1, -0.05) is 6.07 Å². The maximum absolute atomic E-state index is 12.9. The summed E-state index contributed by atoms with van der Waals surface area (Å²) in [7, 11) is -4.59. The molecule has 0 atom stereocenters. The SMILES string of the molecule is O=C(O)CN(c1cccc(C(F)(F)F)c1)S(=O)(=O)c1ccc([N+](=O)[O-])cc1. The second kappa shape index (κ2) is 7.23. The van der Waals surface area contributed by atoms with Gasteiger partial charge in [0.1, 0.15) is 6.54 Å². The number of alkyl halides is 3. The lowest BCUT2D eigenvalue weighted by Crippen LogP contribution is -2.35. The van der Waals surface area contributed by atoms with Gasteiger partial charge in [-0.2, -0.15) is 13.2 Å². The highest BCUT2D eigenvalue weighted by Gasteiger charge is 2.33. The summed E-state index contributed by atoms with van der Waals surface area (Å²) in [5.74, 6) is -1.60. The van der Waals surface area contributed by atoms with Crippen LogP contribution < -0.4 is 4.31 Å². The minimum atomic E-state index is -4.76. The standard InChI is InChI=1S/C15H11F3N2O6S/c16-15(17,18)10-2-1-3-12(8-10)19(9-14(21)22)27(25,26)13-6-4-11(5-7-13)20(23)24/h1-8H,9H2,(H,21,22). The third kappa shape index (κ3) is 4.53. The van der Waals surface area contributed by atoms with Gasteiger partial charge >= 0.3 is 12.1 Å². The molecule has 0 spiro atoms. The minimum absolute atomic E-state index is 0.283. The van der Waals surface area contributed by atoms with E-state index in [0.717, 1.165) is 36.4 Å². The number of carboxylic acid groups (broad SMARTS) is 1. The van der Waals surface area contributed by atoms with Crippen molar-refractivity contribution in [2.24, 2.45) is 0 Å². The summed E-state index contributed by atoms with van der Waals surface area (Å²) >= 11 is 0. The lowest BCUT2D eigenvalue weighted by molar-refractivity contribution is -0.384. The van der Waals surface area contributed by atoms with Crippen molar-refractivity contribution in [3.05, 3.63) is 64.2 Å². The molecule has 0 saturated carbocycles. The number of anilines is 1. The first-order valence-electron chi connectivity index (χ1n) is 7.09. The fraction of sp³-hybridized carbons (Fsp3) is 0.133. The number of nitro benzene ring substituents is 1. The average Bonchev–Trinajstić information content (AvgIpc) is 2.59. The Hall–Kier alpha value is -3.15. The predicted molar refractivity (Wildman–Crippen MR) is 86.7 cm³/mol. The summed E-state index contributed by atoms with van der Waals surface area (Å²) in [4.78, 5) is 20.5. The van der Waals surface area contributed by atoms with E-state index in [1.807, 2.05) is 0 Å². The van der Waals surface area contributed by atoms with Crippen molar-refractivity contribution >= 4 is 27.4 Å². The highest BCUT2D eigenvalue weighted by atomic mass is 32.2. The number of carbonyl (C=O) groups is 1. The van der Waals surface area contributed by atoms with Crippen LogP contribution in [0.3, 0.4) is 0 Å². The summed E-state index contributed by atoms with van der Waals surface area (Å²) in [6.07, 6.45) is -4.76. The van der Waals surface area contributed by atoms with E-state index < -0.39 is 55.5 Å². The Morgan fingerprint density at radius 2 is 1.74 bits per heavy atom. The van der Waals surface area contributed by atoms with Gasteiger partial charge in [0.2, 0.25) is 0 Å². The maximum atomic E-state index is 12.9. The van der Waals surface area contributed by atoms with Crippen LogP contribution in [-0.2, 0) is 21.0 Å². The topological polar surface area (TPSA) is 118 Å². The van der Waals surface area contributed by atoms with Gasteiger partial charge < -0.3 is 5.11 Å². The Kier molecular flexibility index (Phi) is 5.40. The first kappa shape index (κ1) is 20.2. The largest absolute Gasteiger partial charge is 0.480 e. The van der Waals surface area contributed by atoms with Crippen molar-refractivity contribution < 1.29 is 36.4 Å². The van der Waals surface area contributed by atoms with E-state index in [1.54, 1.807) is 0 Å². The molecule has 0 fully saturated rings. The van der Waals surface area contributed by atoms with Gasteiger partial charge in [0.25, 0.3) is 15.7 Å². The predicted octanol–water partition coefficient (Wildman–Crippen LogP) is 2.89. The monoisotopic (exact) mass is 404 g/mol. The van der Waals surface area contributed by atoms with Crippen LogP contribution >= 0.6 is 0 Å². The summed E-state index contributed by atoms with van der Waals surface area (Å²) < 4.78 is 64.4. The van der Waals surface area contributed by atoms with Gasteiger partial charge in [-0.15, -0.1) is 0 Å². The Morgan fingerprint density at radius 1 is 1.15 bits per heavy atom. The molecule has 0 bridgehead atoms. The molecule has 2 aromatic rings. The van der Waals surface area contributed by atoms with Gasteiger partial charge in [-0.25, -0.2) is 8.42 Å². The molecule has 8 nitrogen and oxygen atoms in total. The number of hydrogen-bond acceptors (Lipinski definition) is 5. The number of hydrogen-bond donors (Lipinski definition) is 1. The van der Waals surface area contributed by atoms with E-state index in [9.17, 15) is 36.5 Å². The quantitative estimate of drug-likeness (QED) is 0.584. The van der Waals surface area contributed by atoms with Crippen molar-refractivity contribution in [3.63, 3.8) is 0 Å². The fourth-order valence-corrected chi connectivity index (χ4v) is 3.55. The molecule has 2 rings (SSSR count). The van der Waals surface area contributed by atoms with E-state index in [4.69, 9.17) is 5.11 Å². The number of nitro groups is 1. The van der Waals surface area contributed by atoms with Crippen molar-refractivity contribution in [2.75, 3.05) is 10.8 Å². The fourth-order valence-electron chi connectivity index (χ4n) is 2.14. The first-order chi connectivity index (χ1) is 12.4. The van der Waals surface area contributed by atoms with Crippen LogP contribution in [0.15, 0.2) is 53.4 Å². The van der Waals surface area contributed by atoms with Gasteiger partial charge in [0.05, 0.1) is 21.1 Å². The highest BCUT2D eigenvalue weighted by Crippen LogP contribution is 2.33. The highest BCUT2D eigenvalue weighted by molar-refractivity contribution is 7.92. The zero-order valence-corrected chi connectivity index (χ0v) is 14.1. The lowest BCUT2D eigenvalue weighted by atomic mass is 10.2. The lowest BCUT2D eigenvalue weighted by Gasteiger charge is -2.23. The Balaban J connectivity index is 2.55. The molecular formula is C15H11F3N2O6S. The molecule has 0 radical (unpaired) electrons. The van der Waals surface area contributed by atoms with Crippen molar-refractivity contribution in [1.29, 1.82) is 0 Å². The van der Waals surface area contributed by atoms with Gasteiger partial charge in [-0.3, -0.25) is 19.2 Å². The van der Waals surface area contributed by atoms with Crippen LogP contribution in [-0.4, -0.2) is 31.0 Å². The van der Waals surface area contributed by atoms with Gasteiger partial charge in [0, 0.05) is 12.1 Å². The number of rotatable bonds is 6. The smallest absolute Gasteiger partial charge is 0.416 e. The minimum Gasteiger partial charge on any atom is -0.480 e. The number of sulfonamides is 1. The van der Waals surface area contributed by atoms with Crippen LogP contribution in [0, 0.1) is 10.1 Å². The van der Waals surface area contributed by atoms with Crippen LogP contribution in [0.25, 0.3) is 0 Å². The molecule has 0 aliphatic heterocycles. The molecular weight excluding hydrogens is 393 g/mol. The number of nitrogens with zero attached hydrogens (tertiary/aromatic N) is 2. The molecule has 12 heteroatoms. The molecule has 0 aliphatic carbocycles. The number of non-ortho nitro benzene ring substituents is 1. The summed E-state index contributed by atoms with van der Waals surface area (Å²) in [6.45, 7) is -1.14. The summed E-state index contributed by atoms with van der Waals surface area (Å²) in [5, 5.41) is 19.6.